The van der Waals surface area contributed by atoms with Gasteiger partial charge in [-0.05, 0) is 40.2 Å². The van der Waals surface area contributed by atoms with Crippen LogP contribution in [0.1, 0.15) is 40.0 Å². The molecule has 0 aliphatic heterocycles. The van der Waals surface area contributed by atoms with Crippen molar-refractivity contribution in [2.45, 2.75) is 45.6 Å². The molecule has 0 saturated carbocycles. The molecule has 0 aromatic rings. The summed E-state index contributed by atoms with van der Waals surface area (Å²) in [6.45, 7) is 8.75. The van der Waals surface area contributed by atoms with Gasteiger partial charge in [0.1, 0.15) is 11.3 Å². The Morgan fingerprint density at radius 3 is 2.20 bits per heavy atom. The molecular weight excluding hydrogens is 258 g/mol. The highest BCUT2D eigenvalue weighted by molar-refractivity contribution is 5.91. The van der Waals surface area contributed by atoms with E-state index in [9.17, 15) is 14.4 Å². The first-order chi connectivity index (χ1) is 9.11. The van der Waals surface area contributed by atoms with Crippen molar-refractivity contribution in [1.29, 1.82) is 0 Å². The minimum Gasteiger partial charge on any atom is -0.368 e. The van der Waals surface area contributed by atoms with Crippen LogP contribution in [0.2, 0.25) is 0 Å². The predicted octanol–water partition coefficient (Wildman–Crippen LogP) is 0.257. The monoisotopic (exact) mass is 283 g/mol. The first-order valence-electron chi connectivity index (χ1n) is 6.61. The quantitative estimate of drug-likeness (QED) is 0.526. The van der Waals surface area contributed by atoms with Crippen LogP contribution in [0.5, 0.6) is 0 Å². The fraction of sp³-hybridized carbons (Fsp3) is 0.643. The van der Waals surface area contributed by atoms with Crippen LogP contribution < -0.4 is 16.8 Å². The van der Waals surface area contributed by atoms with Crippen LogP contribution in [0.15, 0.2) is 12.2 Å². The molecule has 0 aliphatic rings. The standard InChI is InChI=1S/C14H25N3O3/c1-9(7-8-15)11(6-5-10(2)18)12(19)17-14(3,4)13(16)20/h11H,1,5-8,15H2,2-4H3,(H2,16,20)(H,17,19)/t11-/m1/s1. The Balaban J connectivity index is 4.92. The molecule has 0 bridgehead atoms. The summed E-state index contributed by atoms with van der Waals surface area (Å²) >= 11 is 0. The summed E-state index contributed by atoms with van der Waals surface area (Å²) in [6.07, 6.45) is 1.13. The average molecular weight is 283 g/mol. The maximum Gasteiger partial charge on any atom is 0.242 e. The van der Waals surface area contributed by atoms with Gasteiger partial charge in [-0.3, -0.25) is 9.59 Å². The van der Waals surface area contributed by atoms with E-state index in [2.05, 4.69) is 11.9 Å². The molecule has 0 aromatic carbocycles. The number of primary amides is 1. The molecule has 0 aliphatic carbocycles. The van der Waals surface area contributed by atoms with Crippen molar-refractivity contribution in [1.82, 2.24) is 5.32 Å². The van der Waals surface area contributed by atoms with Crippen LogP contribution in [0.3, 0.4) is 0 Å². The molecule has 5 N–H and O–H groups in total. The molecule has 114 valence electrons. The van der Waals surface area contributed by atoms with Crippen LogP contribution >= 0.6 is 0 Å². The topological polar surface area (TPSA) is 115 Å². The number of Topliss-reactive ketones (excluding diaryl/α,β-unsaturated/α-hetero) is 1. The SMILES string of the molecule is C=C(CCN)[C@@H](CCC(C)=O)C(=O)NC(C)(C)C(N)=O. The van der Waals surface area contributed by atoms with Crippen molar-refractivity contribution in [3.05, 3.63) is 12.2 Å². The molecule has 6 heteroatoms. The Bertz CT molecular complexity index is 402. The summed E-state index contributed by atoms with van der Waals surface area (Å²) in [4.78, 5) is 34.6. The fourth-order valence-corrected chi connectivity index (χ4v) is 1.68. The van der Waals surface area contributed by atoms with E-state index in [1.165, 1.54) is 20.8 Å². The number of amides is 2. The Morgan fingerprint density at radius 1 is 1.25 bits per heavy atom. The Kier molecular flexibility index (Phi) is 7.13. The summed E-state index contributed by atoms with van der Waals surface area (Å²) in [7, 11) is 0. The second kappa shape index (κ2) is 7.79. The number of nitrogens with two attached hydrogens (primary N) is 2. The van der Waals surface area contributed by atoms with Gasteiger partial charge in [0.25, 0.3) is 0 Å². The lowest BCUT2D eigenvalue weighted by atomic mass is 9.90. The summed E-state index contributed by atoms with van der Waals surface area (Å²) < 4.78 is 0. The van der Waals surface area contributed by atoms with E-state index in [1.54, 1.807) is 0 Å². The van der Waals surface area contributed by atoms with Crippen molar-refractivity contribution in [2.75, 3.05) is 6.54 Å². The number of rotatable bonds is 9. The van der Waals surface area contributed by atoms with Gasteiger partial charge in [0.2, 0.25) is 11.8 Å². The summed E-state index contributed by atoms with van der Waals surface area (Å²) in [5.74, 6) is -1.52. The minimum absolute atomic E-state index is 0.00231. The third-order valence-electron chi connectivity index (χ3n) is 3.11. The third kappa shape index (κ3) is 5.97. The molecule has 0 aromatic heterocycles. The van der Waals surface area contributed by atoms with Crippen molar-refractivity contribution >= 4 is 17.6 Å². The van der Waals surface area contributed by atoms with Crippen molar-refractivity contribution in [2.24, 2.45) is 17.4 Å². The smallest absolute Gasteiger partial charge is 0.242 e. The van der Waals surface area contributed by atoms with Gasteiger partial charge in [-0.2, -0.15) is 0 Å². The molecule has 0 saturated heterocycles. The molecule has 0 fully saturated rings. The lowest BCUT2D eigenvalue weighted by molar-refractivity contribution is -0.132. The summed E-state index contributed by atoms with van der Waals surface area (Å²) in [5.41, 5.74) is 10.2. The zero-order valence-corrected chi connectivity index (χ0v) is 12.5. The number of carbonyl (C=O) groups excluding carboxylic acids is 3. The average Bonchev–Trinajstić information content (AvgIpc) is 2.28. The van der Waals surface area contributed by atoms with Crippen LogP contribution in [-0.4, -0.2) is 29.7 Å². The highest BCUT2D eigenvalue weighted by atomic mass is 16.2. The van der Waals surface area contributed by atoms with Crippen LogP contribution in [0.4, 0.5) is 0 Å². The number of hydrogen-bond acceptors (Lipinski definition) is 4. The van der Waals surface area contributed by atoms with E-state index in [-0.39, 0.29) is 18.1 Å². The Labute approximate surface area is 120 Å². The lowest BCUT2D eigenvalue weighted by Crippen LogP contribution is -2.54. The molecule has 2 amide bonds. The maximum absolute atomic E-state index is 12.3. The Morgan fingerprint density at radius 2 is 1.80 bits per heavy atom. The van der Waals surface area contributed by atoms with E-state index in [0.29, 0.717) is 25.0 Å². The lowest BCUT2D eigenvalue weighted by Gasteiger charge is -2.26. The predicted molar refractivity (Wildman–Crippen MR) is 77.6 cm³/mol. The van der Waals surface area contributed by atoms with E-state index in [4.69, 9.17) is 11.5 Å². The fourth-order valence-electron chi connectivity index (χ4n) is 1.68. The largest absolute Gasteiger partial charge is 0.368 e. The molecule has 0 unspecified atom stereocenters. The molecule has 0 spiro atoms. The second-order valence-corrected chi connectivity index (χ2v) is 5.47. The minimum atomic E-state index is -1.14. The molecular formula is C14H25N3O3. The molecule has 0 rings (SSSR count). The van der Waals surface area contributed by atoms with Gasteiger partial charge in [-0.1, -0.05) is 12.2 Å². The third-order valence-corrected chi connectivity index (χ3v) is 3.11. The Hall–Kier alpha value is -1.69. The number of ketones is 1. The normalized spacial score (nSPS) is 12.6. The van der Waals surface area contributed by atoms with Gasteiger partial charge < -0.3 is 21.6 Å². The van der Waals surface area contributed by atoms with Gasteiger partial charge in [-0.25, -0.2) is 0 Å². The second-order valence-electron chi connectivity index (χ2n) is 5.47. The first-order valence-corrected chi connectivity index (χ1v) is 6.61. The van der Waals surface area contributed by atoms with Gasteiger partial charge in [-0.15, -0.1) is 0 Å². The molecule has 6 nitrogen and oxygen atoms in total. The van der Waals surface area contributed by atoms with Crippen molar-refractivity contribution in [3.8, 4) is 0 Å². The number of carbonyl (C=O) groups is 3. The van der Waals surface area contributed by atoms with E-state index < -0.39 is 17.4 Å². The molecule has 20 heavy (non-hydrogen) atoms. The maximum atomic E-state index is 12.3. The van der Waals surface area contributed by atoms with Crippen LogP contribution in [-0.2, 0) is 14.4 Å². The molecule has 0 radical (unpaired) electrons. The first kappa shape index (κ1) is 18.3. The van der Waals surface area contributed by atoms with Crippen LogP contribution in [0, 0.1) is 5.92 Å². The zero-order chi connectivity index (χ0) is 15.9. The van der Waals surface area contributed by atoms with Gasteiger partial charge in [0.05, 0.1) is 5.92 Å². The van der Waals surface area contributed by atoms with Gasteiger partial charge >= 0.3 is 0 Å². The number of nitrogens with one attached hydrogen (secondary N) is 1. The highest BCUT2D eigenvalue weighted by Crippen LogP contribution is 2.20. The van der Waals surface area contributed by atoms with E-state index in [1.807, 2.05) is 0 Å². The summed E-state index contributed by atoms with van der Waals surface area (Å²) in [5, 5.41) is 2.59. The van der Waals surface area contributed by atoms with E-state index in [0.717, 1.165) is 0 Å². The van der Waals surface area contributed by atoms with E-state index >= 15 is 0 Å². The van der Waals surface area contributed by atoms with Gasteiger partial charge in [0, 0.05) is 6.42 Å². The van der Waals surface area contributed by atoms with Crippen molar-refractivity contribution < 1.29 is 14.4 Å². The zero-order valence-electron chi connectivity index (χ0n) is 12.5. The number of hydrogen-bond donors (Lipinski definition) is 3. The van der Waals surface area contributed by atoms with Crippen LogP contribution in [0.25, 0.3) is 0 Å². The molecule has 0 heterocycles. The summed E-state index contributed by atoms with van der Waals surface area (Å²) in [6, 6.07) is 0. The van der Waals surface area contributed by atoms with Gasteiger partial charge in [0.15, 0.2) is 0 Å². The highest BCUT2D eigenvalue weighted by Gasteiger charge is 2.31. The van der Waals surface area contributed by atoms with Crippen molar-refractivity contribution in [3.63, 3.8) is 0 Å². The molecule has 1 atom stereocenters.